The molecule has 2 aromatic carbocycles. The van der Waals surface area contributed by atoms with Crippen molar-refractivity contribution in [2.75, 3.05) is 0 Å². The molecule has 4 aromatic rings. The van der Waals surface area contributed by atoms with Crippen LogP contribution >= 0.6 is 21.6 Å². The molecule has 0 aliphatic carbocycles. The van der Waals surface area contributed by atoms with Crippen LogP contribution in [0.1, 0.15) is 20.7 Å². The highest BCUT2D eigenvalue weighted by Crippen LogP contribution is 2.45. The molecule has 0 saturated carbocycles. The van der Waals surface area contributed by atoms with Crippen LogP contribution in [0, 0.1) is 0 Å². The van der Waals surface area contributed by atoms with Crippen molar-refractivity contribution < 1.29 is 19.8 Å². The molecule has 0 radical (unpaired) electrons. The summed E-state index contributed by atoms with van der Waals surface area (Å²) < 4.78 is 0. The highest BCUT2D eigenvalue weighted by Gasteiger charge is 2.19. The number of hydrogen-bond acceptors (Lipinski definition) is 6. The Bertz CT molecular complexity index is 1150. The molecule has 138 valence electrons. The summed E-state index contributed by atoms with van der Waals surface area (Å²) in [5.41, 5.74) is 1.64. The number of carbonyl (C=O) groups is 2. The summed E-state index contributed by atoms with van der Waals surface area (Å²) in [7, 11) is 2.42. The van der Waals surface area contributed by atoms with Gasteiger partial charge in [-0.2, -0.15) is 0 Å². The third-order valence-electron chi connectivity index (χ3n) is 4.14. The van der Waals surface area contributed by atoms with Gasteiger partial charge in [-0.3, -0.25) is 9.97 Å². The minimum atomic E-state index is -1.05. The van der Waals surface area contributed by atoms with Gasteiger partial charge >= 0.3 is 11.9 Å². The number of hydrogen-bond donors (Lipinski definition) is 2. The van der Waals surface area contributed by atoms with Crippen LogP contribution in [-0.4, -0.2) is 32.1 Å². The van der Waals surface area contributed by atoms with E-state index >= 15 is 0 Å². The lowest BCUT2D eigenvalue weighted by molar-refractivity contribution is 0.0682. The minimum Gasteiger partial charge on any atom is -0.478 e. The molecular weight excluding hydrogens is 396 g/mol. The van der Waals surface area contributed by atoms with Gasteiger partial charge in [-0.25, -0.2) is 9.59 Å². The predicted molar refractivity (Wildman–Crippen MR) is 109 cm³/mol. The Kier molecular flexibility index (Phi) is 4.89. The van der Waals surface area contributed by atoms with E-state index in [0.29, 0.717) is 31.6 Å². The Balaban J connectivity index is 1.84. The fourth-order valence-electron chi connectivity index (χ4n) is 2.85. The van der Waals surface area contributed by atoms with E-state index in [1.54, 1.807) is 48.8 Å². The van der Waals surface area contributed by atoms with Crippen molar-refractivity contribution in [2.24, 2.45) is 0 Å². The molecule has 0 aliphatic heterocycles. The quantitative estimate of drug-likeness (QED) is 0.446. The Morgan fingerprint density at radius 2 is 1.11 bits per heavy atom. The number of aromatic carboxylic acids is 2. The average Bonchev–Trinajstić information content (AvgIpc) is 2.71. The van der Waals surface area contributed by atoms with Crippen LogP contribution < -0.4 is 0 Å². The van der Waals surface area contributed by atoms with Crippen molar-refractivity contribution in [1.82, 2.24) is 9.97 Å². The second-order valence-corrected chi connectivity index (χ2v) is 7.95. The van der Waals surface area contributed by atoms with Gasteiger partial charge in [0.25, 0.3) is 0 Å². The lowest BCUT2D eigenvalue weighted by Gasteiger charge is -2.12. The maximum absolute atomic E-state index is 11.7. The molecular formula is C20H12N2O4S2. The van der Waals surface area contributed by atoms with E-state index in [2.05, 4.69) is 9.97 Å². The minimum absolute atomic E-state index is 0.147. The largest absolute Gasteiger partial charge is 0.478 e. The van der Waals surface area contributed by atoms with Crippen molar-refractivity contribution in [1.29, 1.82) is 0 Å². The molecule has 28 heavy (non-hydrogen) atoms. The fourth-order valence-corrected chi connectivity index (χ4v) is 5.61. The topological polar surface area (TPSA) is 100 Å². The van der Waals surface area contributed by atoms with E-state index in [1.165, 1.54) is 33.7 Å². The zero-order chi connectivity index (χ0) is 19.7. The number of carboxylic acids is 2. The van der Waals surface area contributed by atoms with E-state index in [9.17, 15) is 19.8 Å². The summed E-state index contributed by atoms with van der Waals surface area (Å²) in [5, 5.41) is 20.6. The molecule has 0 fully saturated rings. The highest BCUT2D eigenvalue weighted by molar-refractivity contribution is 8.76. The SMILES string of the molecule is O=C(O)c1ccc2ncccc2c1SSc1c(C(=O)O)ccc2ncccc12. The number of nitrogens with zero attached hydrogens (tertiary/aromatic N) is 2. The third-order valence-corrected chi connectivity index (χ3v) is 6.69. The zero-order valence-corrected chi connectivity index (χ0v) is 15.8. The van der Waals surface area contributed by atoms with Crippen molar-refractivity contribution in [2.45, 2.75) is 9.79 Å². The summed E-state index contributed by atoms with van der Waals surface area (Å²) in [6.45, 7) is 0. The number of pyridine rings is 2. The molecule has 2 N–H and O–H groups in total. The van der Waals surface area contributed by atoms with E-state index in [1.807, 2.05) is 0 Å². The van der Waals surface area contributed by atoms with Gasteiger partial charge in [0, 0.05) is 33.0 Å². The predicted octanol–water partition coefficient (Wildman–Crippen LogP) is 4.98. The molecule has 0 bridgehead atoms. The first-order chi connectivity index (χ1) is 13.6. The number of aromatic nitrogens is 2. The molecule has 0 atom stereocenters. The molecule has 0 unspecified atom stereocenters. The second kappa shape index (κ2) is 7.49. The van der Waals surface area contributed by atoms with Gasteiger partial charge in [0.1, 0.15) is 0 Å². The van der Waals surface area contributed by atoms with Gasteiger partial charge in [0.15, 0.2) is 0 Å². The first-order valence-corrected chi connectivity index (χ1v) is 10.3. The first-order valence-electron chi connectivity index (χ1n) is 8.13. The van der Waals surface area contributed by atoms with Crippen molar-refractivity contribution >= 4 is 55.3 Å². The lowest BCUT2D eigenvalue weighted by atomic mass is 10.1. The summed E-state index contributed by atoms with van der Waals surface area (Å²) in [6, 6.07) is 13.5. The smallest absolute Gasteiger partial charge is 0.336 e. The summed E-state index contributed by atoms with van der Waals surface area (Å²) in [4.78, 5) is 33.0. The van der Waals surface area contributed by atoms with Gasteiger partial charge in [-0.15, -0.1) is 0 Å². The summed E-state index contributed by atoms with van der Waals surface area (Å²) >= 11 is 0. The average molecular weight is 408 g/mol. The lowest BCUT2D eigenvalue weighted by Crippen LogP contribution is -2.00. The van der Waals surface area contributed by atoms with Crippen LogP contribution in [0.2, 0.25) is 0 Å². The third kappa shape index (κ3) is 3.28. The normalized spacial score (nSPS) is 11.0. The van der Waals surface area contributed by atoms with Gasteiger partial charge in [0.05, 0.1) is 22.2 Å². The number of fused-ring (bicyclic) bond motifs is 2. The Hall–Kier alpha value is -3.10. The van der Waals surface area contributed by atoms with Crippen molar-refractivity contribution in [3.63, 3.8) is 0 Å². The van der Waals surface area contributed by atoms with E-state index < -0.39 is 11.9 Å². The maximum atomic E-state index is 11.7. The van der Waals surface area contributed by atoms with E-state index in [4.69, 9.17) is 0 Å². The molecule has 0 saturated heterocycles. The summed E-state index contributed by atoms with van der Waals surface area (Å²) in [6.07, 6.45) is 3.28. The highest BCUT2D eigenvalue weighted by atomic mass is 33.1. The maximum Gasteiger partial charge on any atom is 0.336 e. The monoisotopic (exact) mass is 408 g/mol. The molecule has 8 heteroatoms. The Morgan fingerprint density at radius 1 is 0.679 bits per heavy atom. The first kappa shape index (κ1) is 18.3. The standard InChI is InChI=1S/C20H12N2O4S2/c23-19(24)13-5-7-15-11(3-1-9-21-15)17(13)27-28-18-12-4-2-10-22-16(12)8-6-14(18)20(25)26/h1-10H,(H,23,24)(H,25,26). The van der Waals surface area contributed by atoms with Crippen LogP contribution in [-0.2, 0) is 0 Å². The fraction of sp³-hybridized carbons (Fsp3) is 0. The molecule has 4 rings (SSSR count). The van der Waals surface area contributed by atoms with Gasteiger partial charge in [-0.05, 0) is 36.4 Å². The van der Waals surface area contributed by atoms with Crippen LogP contribution in [0.25, 0.3) is 21.8 Å². The summed E-state index contributed by atoms with van der Waals surface area (Å²) in [5.74, 6) is -2.10. The number of benzene rings is 2. The zero-order valence-electron chi connectivity index (χ0n) is 14.2. The number of carboxylic acid groups (broad SMARTS) is 2. The van der Waals surface area contributed by atoms with E-state index in [0.717, 1.165) is 0 Å². The van der Waals surface area contributed by atoms with Gasteiger partial charge in [-0.1, -0.05) is 33.7 Å². The van der Waals surface area contributed by atoms with Crippen molar-refractivity contribution in [3.05, 3.63) is 72.1 Å². The van der Waals surface area contributed by atoms with Crippen LogP contribution in [0.3, 0.4) is 0 Å². The van der Waals surface area contributed by atoms with E-state index in [-0.39, 0.29) is 11.1 Å². The molecule has 0 aliphatic rings. The molecule has 2 aromatic heterocycles. The molecule has 0 spiro atoms. The van der Waals surface area contributed by atoms with Gasteiger partial charge in [0.2, 0.25) is 0 Å². The Labute approximate surface area is 167 Å². The molecule has 2 heterocycles. The van der Waals surface area contributed by atoms with Crippen LogP contribution in [0.5, 0.6) is 0 Å². The molecule has 6 nitrogen and oxygen atoms in total. The Morgan fingerprint density at radius 3 is 1.50 bits per heavy atom. The van der Waals surface area contributed by atoms with Crippen LogP contribution in [0.15, 0.2) is 70.7 Å². The number of rotatable bonds is 5. The molecule has 0 amide bonds. The second-order valence-electron chi connectivity index (χ2n) is 5.80. The van der Waals surface area contributed by atoms with Crippen LogP contribution in [0.4, 0.5) is 0 Å². The van der Waals surface area contributed by atoms with Crippen molar-refractivity contribution in [3.8, 4) is 0 Å². The van der Waals surface area contributed by atoms with Gasteiger partial charge < -0.3 is 10.2 Å².